The van der Waals surface area contributed by atoms with Crippen molar-refractivity contribution in [3.8, 4) is 11.6 Å². The Morgan fingerprint density at radius 1 is 0.947 bits per heavy atom. The summed E-state index contributed by atoms with van der Waals surface area (Å²) in [6.45, 7) is -0.243. The van der Waals surface area contributed by atoms with Gasteiger partial charge in [-0.3, -0.25) is 0 Å². The maximum absolute atomic E-state index is 12.9. The van der Waals surface area contributed by atoms with Gasteiger partial charge in [-0.1, -0.05) is 18.2 Å². The van der Waals surface area contributed by atoms with Crippen LogP contribution in [0.5, 0.6) is 11.6 Å². The zero-order chi connectivity index (χ0) is 27.6. The maximum Gasteiger partial charge on any atom is 0.491 e. The van der Waals surface area contributed by atoms with E-state index in [9.17, 15) is 35.9 Å². The highest BCUT2D eigenvalue weighted by molar-refractivity contribution is 5.78. The fourth-order valence-electron chi connectivity index (χ4n) is 3.82. The second-order valence-corrected chi connectivity index (χ2v) is 8.41. The summed E-state index contributed by atoms with van der Waals surface area (Å²) in [6, 6.07) is 12.3. The van der Waals surface area contributed by atoms with Gasteiger partial charge in [-0.2, -0.15) is 31.3 Å². The molecule has 0 spiro atoms. The smallest absolute Gasteiger partial charge is 0.490 e. The molecule has 1 saturated heterocycles. The summed E-state index contributed by atoms with van der Waals surface area (Å²) < 4.78 is 96.7. The number of carbonyl (C=O) groups is 2. The summed E-state index contributed by atoms with van der Waals surface area (Å²) in [4.78, 5) is 29.0. The SMILES string of the molecule is O=C(OC1(OC(=O)C(F)(F)F)CNCc2ccc(N3CCC(Oc4ccccc4)CC3)nc2O1)C(F)(F)F. The number of ether oxygens (including phenoxy) is 4. The van der Waals surface area contributed by atoms with Crippen LogP contribution in [0.2, 0.25) is 0 Å². The zero-order valence-corrected chi connectivity index (χ0v) is 19.5. The molecule has 15 heteroatoms. The molecule has 38 heavy (non-hydrogen) atoms. The largest absolute Gasteiger partial charge is 0.491 e. The quantitative estimate of drug-likeness (QED) is 0.342. The first kappa shape index (κ1) is 27.3. The van der Waals surface area contributed by atoms with Gasteiger partial charge in [0.05, 0.1) is 0 Å². The van der Waals surface area contributed by atoms with Gasteiger partial charge in [-0.15, -0.1) is 0 Å². The number of para-hydroxylation sites is 1. The average Bonchev–Trinajstić information content (AvgIpc) is 3.02. The molecular weight excluding hydrogens is 528 g/mol. The summed E-state index contributed by atoms with van der Waals surface area (Å²) in [5.41, 5.74) is 0.212. The molecule has 0 aliphatic carbocycles. The molecule has 0 radical (unpaired) electrons. The van der Waals surface area contributed by atoms with Gasteiger partial charge in [-0.25, -0.2) is 9.59 Å². The number of anilines is 1. The van der Waals surface area contributed by atoms with Gasteiger partial charge in [0.2, 0.25) is 5.88 Å². The molecule has 206 valence electrons. The van der Waals surface area contributed by atoms with Crippen LogP contribution in [0.3, 0.4) is 0 Å². The van der Waals surface area contributed by atoms with Crippen molar-refractivity contribution in [2.45, 2.75) is 43.8 Å². The highest BCUT2D eigenvalue weighted by Crippen LogP contribution is 2.33. The maximum atomic E-state index is 12.9. The number of halogens is 6. The number of nitrogens with one attached hydrogen (secondary N) is 1. The van der Waals surface area contributed by atoms with Gasteiger partial charge in [0.1, 0.15) is 24.2 Å². The normalized spacial score (nSPS) is 18.0. The van der Waals surface area contributed by atoms with E-state index in [1.54, 1.807) is 6.07 Å². The Morgan fingerprint density at radius 2 is 1.55 bits per heavy atom. The molecule has 1 N–H and O–H groups in total. The van der Waals surface area contributed by atoms with Gasteiger partial charge in [-0.05, 0) is 24.3 Å². The van der Waals surface area contributed by atoms with Crippen molar-refractivity contribution in [1.82, 2.24) is 10.3 Å². The lowest BCUT2D eigenvalue weighted by Crippen LogP contribution is -2.55. The second-order valence-electron chi connectivity index (χ2n) is 8.41. The van der Waals surface area contributed by atoms with Crippen LogP contribution in [0, 0.1) is 0 Å². The number of piperidine rings is 1. The molecule has 0 saturated carbocycles. The van der Waals surface area contributed by atoms with Crippen molar-refractivity contribution in [1.29, 1.82) is 0 Å². The molecule has 4 rings (SSSR count). The third-order valence-electron chi connectivity index (χ3n) is 5.60. The first-order valence-electron chi connectivity index (χ1n) is 11.3. The molecule has 1 fully saturated rings. The van der Waals surface area contributed by atoms with Crippen molar-refractivity contribution in [3.63, 3.8) is 0 Å². The average molecular weight is 549 g/mol. The van der Waals surface area contributed by atoms with Gasteiger partial charge in [0, 0.05) is 38.0 Å². The van der Waals surface area contributed by atoms with Crippen molar-refractivity contribution in [2.24, 2.45) is 0 Å². The van der Waals surface area contributed by atoms with Crippen molar-refractivity contribution >= 4 is 17.8 Å². The van der Waals surface area contributed by atoms with Gasteiger partial charge in [0.15, 0.2) is 0 Å². The lowest BCUT2D eigenvalue weighted by molar-refractivity contribution is -0.331. The van der Waals surface area contributed by atoms with E-state index < -0.39 is 42.7 Å². The predicted octanol–water partition coefficient (Wildman–Crippen LogP) is 3.48. The highest BCUT2D eigenvalue weighted by Gasteiger charge is 2.55. The summed E-state index contributed by atoms with van der Waals surface area (Å²) in [7, 11) is 0. The molecule has 2 aliphatic heterocycles. The fraction of sp³-hybridized carbons (Fsp3) is 0.435. The molecular formula is C23H21F6N3O6. The van der Waals surface area contributed by atoms with E-state index in [1.807, 2.05) is 35.2 Å². The van der Waals surface area contributed by atoms with E-state index >= 15 is 0 Å². The minimum Gasteiger partial charge on any atom is -0.490 e. The second kappa shape index (κ2) is 10.6. The van der Waals surface area contributed by atoms with Gasteiger partial charge < -0.3 is 29.2 Å². The Bertz CT molecular complexity index is 1120. The van der Waals surface area contributed by atoms with Crippen LogP contribution in [0.4, 0.5) is 32.2 Å². The summed E-state index contributed by atoms with van der Waals surface area (Å²) in [5.74, 6) is -8.73. The predicted molar refractivity (Wildman–Crippen MR) is 116 cm³/mol. The fourth-order valence-corrected chi connectivity index (χ4v) is 3.82. The minimum atomic E-state index is -5.61. The minimum absolute atomic E-state index is 0.0776. The van der Waals surface area contributed by atoms with E-state index in [0.717, 1.165) is 0 Å². The van der Waals surface area contributed by atoms with Crippen LogP contribution in [0.1, 0.15) is 18.4 Å². The lowest BCUT2D eigenvalue weighted by atomic mass is 10.1. The number of aromatic nitrogens is 1. The molecule has 0 bridgehead atoms. The topological polar surface area (TPSA) is 99.2 Å². The van der Waals surface area contributed by atoms with Gasteiger partial charge >= 0.3 is 30.3 Å². The molecule has 1 aromatic carbocycles. The Balaban J connectivity index is 1.53. The standard InChI is InChI=1S/C23H21F6N3O6/c24-22(25,26)19(33)37-21(38-20(34)23(27,28)29)13-30-12-14-6-7-17(31-18(14)36-21)32-10-8-16(9-11-32)35-15-4-2-1-3-5-15/h1-7,16,30H,8-13H2. The number of carbonyl (C=O) groups excluding carboxylic acids is 2. The van der Waals surface area contributed by atoms with Crippen molar-refractivity contribution in [3.05, 3.63) is 48.0 Å². The number of hydrogen-bond acceptors (Lipinski definition) is 9. The lowest BCUT2D eigenvalue weighted by Gasteiger charge is -2.34. The third-order valence-corrected chi connectivity index (χ3v) is 5.60. The number of hydrogen-bond donors (Lipinski definition) is 1. The van der Waals surface area contributed by atoms with Crippen LogP contribution in [-0.4, -0.2) is 61.0 Å². The zero-order valence-electron chi connectivity index (χ0n) is 19.5. The molecule has 2 aromatic rings. The summed E-state index contributed by atoms with van der Waals surface area (Å²) in [5, 5.41) is 2.45. The van der Waals surface area contributed by atoms with Crippen LogP contribution in [-0.2, 0) is 25.6 Å². The summed E-state index contributed by atoms with van der Waals surface area (Å²) in [6.07, 6.45) is -10.1. The highest BCUT2D eigenvalue weighted by atomic mass is 19.4. The first-order chi connectivity index (χ1) is 17.8. The number of pyridine rings is 1. The number of alkyl halides is 6. The number of fused-ring (bicyclic) bond motifs is 1. The Labute approximate surface area is 211 Å². The molecule has 1 aromatic heterocycles. The van der Waals surface area contributed by atoms with E-state index in [2.05, 4.69) is 19.8 Å². The summed E-state index contributed by atoms with van der Waals surface area (Å²) >= 11 is 0. The van der Waals surface area contributed by atoms with E-state index in [0.29, 0.717) is 37.5 Å². The monoisotopic (exact) mass is 549 g/mol. The molecule has 0 amide bonds. The first-order valence-corrected chi connectivity index (χ1v) is 11.3. The number of esters is 2. The van der Waals surface area contributed by atoms with Crippen LogP contribution in [0.25, 0.3) is 0 Å². The molecule has 3 heterocycles. The molecule has 9 nitrogen and oxygen atoms in total. The number of benzene rings is 1. The van der Waals surface area contributed by atoms with E-state index in [4.69, 9.17) is 9.47 Å². The Hall–Kier alpha value is -3.75. The third kappa shape index (κ3) is 6.57. The van der Waals surface area contributed by atoms with E-state index in [1.165, 1.54) is 6.07 Å². The number of nitrogens with zero attached hydrogens (tertiary/aromatic N) is 2. The molecule has 0 atom stereocenters. The Kier molecular flexibility index (Phi) is 7.58. The molecule has 0 unspecified atom stereocenters. The van der Waals surface area contributed by atoms with Crippen molar-refractivity contribution in [2.75, 3.05) is 24.5 Å². The number of rotatable bonds is 5. The van der Waals surface area contributed by atoms with E-state index in [-0.39, 0.29) is 18.2 Å². The van der Waals surface area contributed by atoms with Crippen LogP contribution >= 0.6 is 0 Å². The van der Waals surface area contributed by atoms with Gasteiger partial charge in [0.25, 0.3) is 0 Å². The van der Waals surface area contributed by atoms with Crippen LogP contribution in [0.15, 0.2) is 42.5 Å². The molecule has 2 aliphatic rings. The van der Waals surface area contributed by atoms with Crippen LogP contribution < -0.4 is 19.7 Å². The Morgan fingerprint density at radius 3 is 2.13 bits per heavy atom. The van der Waals surface area contributed by atoms with Crippen molar-refractivity contribution < 1.29 is 54.9 Å².